The second kappa shape index (κ2) is 22.8. The van der Waals surface area contributed by atoms with Gasteiger partial charge in [0.1, 0.15) is 34.5 Å². The van der Waals surface area contributed by atoms with Gasteiger partial charge in [-0.15, -0.1) is 25.2 Å². The number of hydrogen-bond donors (Lipinski definition) is 9. The van der Waals surface area contributed by atoms with Crippen LogP contribution in [0.5, 0.6) is 11.5 Å². The molecule has 0 saturated carbocycles. The van der Waals surface area contributed by atoms with Crippen LogP contribution in [0.2, 0.25) is 0 Å². The summed E-state index contributed by atoms with van der Waals surface area (Å²) < 4.78 is 133. The van der Waals surface area contributed by atoms with Crippen molar-refractivity contribution in [2.24, 2.45) is 0 Å². The van der Waals surface area contributed by atoms with Gasteiger partial charge in [0.05, 0.1) is 0 Å². The minimum Gasteiger partial charge on any atom is -0.401 e. The third kappa shape index (κ3) is 79.7. The van der Waals surface area contributed by atoms with Crippen molar-refractivity contribution in [1.82, 2.24) is 0 Å². The van der Waals surface area contributed by atoms with Gasteiger partial charge >= 0.3 is 47.4 Å². The first kappa shape index (κ1) is 49.2. The van der Waals surface area contributed by atoms with Crippen molar-refractivity contribution in [3.63, 3.8) is 0 Å². The standard InChI is InChI=1S/2C6H6FO3P.FHIO3P.3FH2O3P/c2*7-11(8,9)10-6-4-2-1-3-5-6;1-6(3,4)5-2;3*1-5(2,3)4/h2*1-5H,(H,8,9);(H,3,4);3*(H2,2,3,4). The summed E-state index contributed by atoms with van der Waals surface area (Å²) in [5.74, 6) is 0.0849. The van der Waals surface area contributed by atoms with E-state index in [1.807, 2.05) is 0 Å². The van der Waals surface area contributed by atoms with E-state index in [4.69, 9.17) is 57.7 Å². The van der Waals surface area contributed by atoms with Gasteiger partial charge in [0.25, 0.3) is 0 Å². The Morgan fingerprint density at radius 3 is 0.721 bits per heavy atom. The van der Waals surface area contributed by atoms with Gasteiger partial charge in [-0.1, -0.05) is 36.4 Å². The molecular formula is C12H19F6IO18P6. The fourth-order valence-electron chi connectivity index (χ4n) is 1.22. The van der Waals surface area contributed by atoms with Crippen molar-refractivity contribution in [2.45, 2.75) is 0 Å². The number of rotatable bonds is 5. The summed E-state index contributed by atoms with van der Waals surface area (Å²) in [5.41, 5.74) is 0. The summed E-state index contributed by atoms with van der Waals surface area (Å²) in [5, 5.41) is 0. The second-order valence-corrected chi connectivity index (χ2v) is 12.9. The Kier molecular flexibility index (Phi) is 26.1. The molecule has 0 aromatic heterocycles. The van der Waals surface area contributed by atoms with Gasteiger partial charge in [-0.25, -0.2) is 30.2 Å². The van der Waals surface area contributed by atoms with Crippen molar-refractivity contribution >= 4 is 70.4 Å². The minimum atomic E-state index is -5.14. The zero-order chi connectivity index (χ0) is 35.3. The Labute approximate surface area is 250 Å². The molecule has 2 rings (SSSR count). The molecule has 43 heavy (non-hydrogen) atoms. The van der Waals surface area contributed by atoms with Gasteiger partial charge in [0.2, 0.25) is 0 Å². The van der Waals surface area contributed by atoms with Crippen molar-refractivity contribution in [3.8, 4) is 11.5 Å². The van der Waals surface area contributed by atoms with Crippen LogP contribution in [0, 0.1) is 0 Å². The maximum atomic E-state index is 12.0. The molecule has 31 heteroatoms. The van der Waals surface area contributed by atoms with Crippen molar-refractivity contribution in [1.29, 1.82) is 0 Å². The lowest BCUT2D eigenvalue weighted by molar-refractivity contribution is 0.320. The molecule has 0 spiro atoms. The zero-order valence-electron chi connectivity index (χ0n) is 19.8. The lowest BCUT2D eigenvalue weighted by Crippen LogP contribution is -1.84. The Morgan fingerprint density at radius 2 is 0.605 bits per heavy atom. The zero-order valence-corrected chi connectivity index (χ0v) is 27.3. The van der Waals surface area contributed by atoms with Crippen LogP contribution in [0.3, 0.4) is 0 Å². The van der Waals surface area contributed by atoms with Gasteiger partial charge in [0, 0.05) is 0 Å². The summed E-state index contributed by atoms with van der Waals surface area (Å²) in [7, 11) is -29.9. The summed E-state index contributed by atoms with van der Waals surface area (Å²) in [6, 6.07) is 15.2. The van der Waals surface area contributed by atoms with E-state index in [-0.39, 0.29) is 11.5 Å². The Balaban J connectivity index is -0.000000222. The van der Waals surface area contributed by atoms with E-state index in [9.17, 15) is 38.9 Å². The number of benzene rings is 2. The summed E-state index contributed by atoms with van der Waals surface area (Å²) in [6.45, 7) is 0. The first-order chi connectivity index (χ1) is 18.7. The maximum Gasteiger partial charge on any atom is 0.567 e. The highest BCUT2D eigenvalue weighted by Gasteiger charge is 2.19. The summed E-state index contributed by atoms with van der Waals surface area (Å²) in [6.07, 6.45) is 0. The molecule has 0 saturated heterocycles. The summed E-state index contributed by atoms with van der Waals surface area (Å²) >= 11 is 1.01. The van der Waals surface area contributed by atoms with Crippen molar-refractivity contribution in [2.75, 3.05) is 0 Å². The van der Waals surface area contributed by atoms with Crippen LogP contribution in [0.4, 0.5) is 25.2 Å². The van der Waals surface area contributed by atoms with E-state index >= 15 is 0 Å². The second-order valence-electron chi connectivity index (χ2n) is 5.65. The molecule has 0 radical (unpaired) electrons. The first-order valence-corrected chi connectivity index (χ1v) is 18.6. The predicted molar refractivity (Wildman–Crippen MR) is 142 cm³/mol. The lowest BCUT2D eigenvalue weighted by atomic mass is 10.3. The third-order valence-corrected chi connectivity index (χ3v) is 4.51. The predicted octanol–water partition coefficient (Wildman–Crippen LogP) is 5.84. The SMILES string of the molecule is O=P(O)(F)OI.O=P(O)(F)Oc1ccccc1.O=P(O)(F)Oc1ccccc1.O=P(O)(O)F.O=P(O)(O)F.O=P(O)(O)F. The molecule has 0 bridgehead atoms. The lowest BCUT2D eigenvalue weighted by Gasteiger charge is -2.02. The highest BCUT2D eigenvalue weighted by Crippen LogP contribution is 2.46. The molecule has 2 aromatic carbocycles. The molecule has 2 aromatic rings. The highest BCUT2D eigenvalue weighted by molar-refractivity contribution is 14.1. The molecule has 0 fully saturated rings. The molecule has 3 atom stereocenters. The number of hydrogen-bond acceptors (Lipinski definition) is 9. The molecule has 18 nitrogen and oxygen atoms in total. The van der Waals surface area contributed by atoms with Crippen LogP contribution in [0.15, 0.2) is 60.7 Å². The first-order valence-electron chi connectivity index (χ1n) is 8.84. The largest absolute Gasteiger partial charge is 0.567 e. The molecule has 0 aliphatic rings. The fraction of sp³-hybridized carbons (Fsp3) is 0. The minimum absolute atomic E-state index is 0.0424. The van der Waals surface area contributed by atoms with E-state index in [1.165, 1.54) is 24.3 Å². The normalized spacial score (nSPS) is 14.8. The third-order valence-electron chi connectivity index (χ3n) is 2.01. The number of para-hydroxylation sites is 2. The van der Waals surface area contributed by atoms with E-state index in [2.05, 4.69) is 11.9 Å². The van der Waals surface area contributed by atoms with Crippen LogP contribution in [0.25, 0.3) is 0 Å². The van der Waals surface area contributed by atoms with Crippen LogP contribution >= 0.6 is 70.4 Å². The van der Waals surface area contributed by atoms with Crippen molar-refractivity contribution in [3.05, 3.63) is 60.7 Å². The Hall–Kier alpha value is -0.670. The van der Waals surface area contributed by atoms with E-state index < -0.39 is 47.4 Å². The molecular weight excluding hydrogens is 859 g/mol. The van der Waals surface area contributed by atoms with Crippen LogP contribution in [0.1, 0.15) is 0 Å². The molecule has 0 amide bonds. The molecule has 3 unspecified atom stereocenters. The molecule has 0 heterocycles. The quantitative estimate of drug-likeness (QED) is 0.0968. The van der Waals surface area contributed by atoms with Gasteiger partial charge in [-0.05, 0) is 24.3 Å². The average molecular weight is 878 g/mol. The number of halogens is 7. The van der Waals surface area contributed by atoms with Gasteiger partial charge in [-0.3, -0.25) is 44.0 Å². The molecule has 9 N–H and O–H groups in total. The Bertz CT molecular complexity index is 1160. The Morgan fingerprint density at radius 1 is 0.442 bits per heavy atom. The topological polar surface area (TPSA) is 312 Å². The van der Waals surface area contributed by atoms with E-state index in [0.717, 1.165) is 23.0 Å². The van der Waals surface area contributed by atoms with E-state index in [1.54, 1.807) is 36.4 Å². The highest BCUT2D eigenvalue weighted by atomic mass is 127. The van der Waals surface area contributed by atoms with Crippen LogP contribution in [-0.4, -0.2) is 44.0 Å². The van der Waals surface area contributed by atoms with Gasteiger partial charge < -0.3 is 9.05 Å². The molecule has 0 aliphatic carbocycles. The maximum absolute atomic E-state index is 12.0. The van der Waals surface area contributed by atoms with Crippen LogP contribution < -0.4 is 9.05 Å². The average Bonchev–Trinajstić information content (AvgIpc) is 2.70. The van der Waals surface area contributed by atoms with Gasteiger partial charge in [-0.2, -0.15) is 0 Å². The smallest absolute Gasteiger partial charge is 0.401 e. The molecule has 254 valence electrons. The van der Waals surface area contributed by atoms with Gasteiger partial charge in [0.15, 0.2) is 0 Å². The van der Waals surface area contributed by atoms with E-state index in [0.29, 0.717) is 0 Å². The van der Waals surface area contributed by atoms with Crippen LogP contribution in [-0.2, 0) is 30.2 Å². The monoisotopic (exact) mass is 878 g/mol. The summed E-state index contributed by atoms with van der Waals surface area (Å²) in [4.78, 5) is 65.6. The molecule has 0 aliphatic heterocycles. The van der Waals surface area contributed by atoms with Crippen molar-refractivity contribution < 1.29 is 109 Å². The fourth-order valence-corrected chi connectivity index (χ4v) is 1.99.